The highest BCUT2D eigenvalue weighted by Crippen LogP contribution is 2.36. The van der Waals surface area contributed by atoms with Gasteiger partial charge < -0.3 is 5.32 Å². The Morgan fingerprint density at radius 2 is 2.10 bits per heavy atom. The van der Waals surface area contributed by atoms with E-state index < -0.39 is 0 Å². The summed E-state index contributed by atoms with van der Waals surface area (Å²) >= 11 is 0. The molecule has 4 nitrogen and oxygen atoms in total. The van der Waals surface area contributed by atoms with Gasteiger partial charge in [-0.3, -0.25) is 4.68 Å². The van der Waals surface area contributed by atoms with Crippen LogP contribution in [0.15, 0.2) is 6.33 Å². The van der Waals surface area contributed by atoms with Crippen LogP contribution in [0.25, 0.3) is 0 Å². The number of aryl methyl sites for hydroxylation is 1. The van der Waals surface area contributed by atoms with E-state index >= 15 is 0 Å². The summed E-state index contributed by atoms with van der Waals surface area (Å²) in [6, 6.07) is 0. The van der Waals surface area contributed by atoms with Crippen molar-refractivity contribution in [3.8, 4) is 0 Å². The summed E-state index contributed by atoms with van der Waals surface area (Å²) in [5.41, 5.74) is 0. The molecule has 0 amide bonds. The molecule has 1 aliphatic carbocycles. The smallest absolute Gasteiger partial charge is 0.138 e. The van der Waals surface area contributed by atoms with Crippen LogP contribution in [0.3, 0.4) is 0 Å². The Balaban J connectivity index is 2.02. The normalized spacial score (nSPS) is 26.1. The molecule has 1 aliphatic rings. The van der Waals surface area contributed by atoms with E-state index in [4.69, 9.17) is 0 Å². The first-order chi connectivity index (χ1) is 10.3. The van der Waals surface area contributed by atoms with Crippen molar-refractivity contribution in [1.82, 2.24) is 20.1 Å². The molecule has 0 radical (unpaired) electrons. The van der Waals surface area contributed by atoms with Crippen molar-refractivity contribution in [1.29, 1.82) is 0 Å². The maximum atomic E-state index is 4.53. The van der Waals surface area contributed by atoms with Gasteiger partial charge in [-0.15, -0.1) is 0 Å². The van der Waals surface area contributed by atoms with E-state index in [0.717, 1.165) is 43.7 Å². The first kappa shape index (κ1) is 16.5. The maximum Gasteiger partial charge on any atom is 0.138 e. The third-order valence-electron chi connectivity index (χ3n) is 5.06. The first-order valence-corrected chi connectivity index (χ1v) is 8.85. The molecular formula is C17H32N4. The Hall–Kier alpha value is -0.900. The lowest BCUT2D eigenvalue weighted by molar-refractivity contribution is 0.168. The van der Waals surface area contributed by atoms with Gasteiger partial charge in [0, 0.05) is 13.0 Å². The number of nitrogens with zero attached hydrogens (tertiary/aromatic N) is 3. The van der Waals surface area contributed by atoms with E-state index in [9.17, 15) is 0 Å². The highest BCUT2D eigenvalue weighted by molar-refractivity contribution is 4.92. The van der Waals surface area contributed by atoms with Crippen LogP contribution >= 0.6 is 0 Å². The second-order valence-electron chi connectivity index (χ2n) is 6.52. The quantitative estimate of drug-likeness (QED) is 0.799. The van der Waals surface area contributed by atoms with Gasteiger partial charge in [0.15, 0.2) is 0 Å². The molecule has 3 unspecified atom stereocenters. The average molecular weight is 292 g/mol. The van der Waals surface area contributed by atoms with Crippen LogP contribution in [0.1, 0.15) is 58.7 Å². The second kappa shape index (κ2) is 8.52. The molecule has 0 aromatic carbocycles. The topological polar surface area (TPSA) is 42.7 Å². The Morgan fingerprint density at radius 3 is 2.81 bits per heavy atom. The molecule has 1 aromatic heterocycles. The van der Waals surface area contributed by atoms with Gasteiger partial charge in [0.05, 0.1) is 0 Å². The largest absolute Gasteiger partial charge is 0.317 e. The monoisotopic (exact) mass is 292 g/mol. The first-order valence-electron chi connectivity index (χ1n) is 8.85. The van der Waals surface area contributed by atoms with E-state index in [0.29, 0.717) is 0 Å². The van der Waals surface area contributed by atoms with E-state index in [-0.39, 0.29) is 0 Å². The van der Waals surface area contributed by atoms with Crippen LogP contribution in [-0.2, 0) is 13.0 Å². The third-order valence-corrected chi connectivity index (χ3v) is 5.06. The Bertz CT molecular complexity index is 401. The number of hydrogen-bond acceptors (Lipinski definition) is 3. The highest BCUT2D eigenvalue weighted by Gasteiger charge is 2.30. The maximum absolute atomic E-state index is 4.53. The molecule has 3 atom stereocenters. The molecule has 1 fully saturated rings. The summed E-state index contributed by atoms with van der Waals surface area (Å²) in [7, 11) is 0. The lowest BCUT2D eigenvalue weighted by Crippen LogP contribution is -2.34. The number of rotatable bonds is 8. The molecule has 0 bridgehead atoms. The summed E-state index contributed by atoms with van der Waals surface area (Å²) in [6.45, 7) is 9.98. The fourth-order valence-electron chi connectivity index (χ4n) is 3.72. The fraction of sp³-hybridized carbons (Fsp3) is 0.882. The molecule has 0 spiro atoms. The molecule has 1 N–H and O–H groups in total. The van der Waals surface area contributed by atoms with E-state index in [1.807, 2.05) is 0 Å². The molecule has 0 aliphatic heterocycles. The molecule has 4 heteroatoms. The lowest BCUT2D eigenvalue weighted by Gasteiger charge is -2.36. The molecule has 120 valence electrons. The fourth-order valence-corrected chi connectivity index (χ4v) is 3.72. The van der Waals surface area contributed by atoms with Crippen molar-refractivity contribution < 1.29 is 0 Å². The minimum absolute atomic E-state index is 0.766. The average Bonchev–Trinajstić information content (AvgIpc) is 2.93. The van der Waals surface area contributed by atoms with Gasteiger partial charge >= 0.3 is 0 Å². The van der Waals surface area contributed by atoms with Crippen molar-refractivity contribution in [2.75, 3.05) is 13.1 Å². The Kier molecular flexibility index (Phi) is 6.68. The third kappa shape index (κ3) is 4.53. The van der Waals surface area contributed by atoms with Crippen LogP contribution in [0, 0.1) is 17.8 Å². The van der Waals surface area contributed by atoms with Crippen molar-refractivity contribution in [2.45, 2.75) is 65.8 Å². The van der Waals surface area contributed by atoms with Gasteiger partial charge in [-0.25, -0.2) is 4.98 Å². The summed E-state index contributed by atoms with van der Waals surface area (Å²) < 4.78 is 2.11. The predicted octanol–water partition coefficient (Wildman–Crippen LogP) is 3.28. The van der Waals surface area contributed by atoms with E-state index in [2.05, 4.69) is 40.9 Å². The van der Waals surface area contributed by atoms with Crippen LogP contribution in [0.4, 0.5) is 0 Å². The Labute approximate surface area is 129 Å². The number of hydrogen-bond donors (Lipinski definition) is 1. The molecule has 21 heavy (non-hydrogen) atoms. The van der Waals surface area contributed by atoms with Gasteiger partial charge in [0.2, 0.25) is 0 Å². The molecule has 1 heterocycles. The van der Waals surface area contributed by atoms with Crippen LogP contribution in [-0.4, -0.2) is 27.9 Å². The zero-order chi connectivity index (χ0) is 15.1. The molecular weight excluding hydrogens is 260 g/mol. The minimum atomic E-state index is 0.766. The predicted molar refractivity (Wildman–Crippen MR) is 87.2 cm³/mol. The number of nitrogens with one attached hydrogen (secondary N) is 1. The zero-order valence-electron chi connectivity index (χ0n) is 14.0. The molecule has 0 saturated heterocycles. The van der Waals surface area contributed by atoms with Crippen molar-refractivity contribution in [3.63, 3.8) is 0 Å². The van der Waals surface area contributed by atoms with Crippen LogP contribution in [0.2, 0.25) is 0 Å². The van der Waals surface area contributed by atoms with E-state index in [1.165, 1.54) is 38.1 Å². The summed E-state index contributed by atoms with van der Waals surface area (Å²) in [5, 5.41) is 7.95. The summed E-state index contributed by atoms with van der Waals surface area (Å²) in [5.74, 6) is 3.68. The van der Waals surface area contributed by atoms with Crippen molar-refractivity contribution >= 4 is 0 Å². The summed E-state index contributed by atoms with van der Waals surface area (Å²) in [4.78, 5) is 4.53. The molecule has 1 saturated carbocycles. The van der Waals surface area contributed by atoms with Gasteiger partial charge in [-0.05, 0) is 50.1 Å². The highest BCUT2D eigenvalue weighted by atomic mass is 15.3. The van der Waals surface area contributed by atoms with Crippen LogP contribution < -0.4 is 5.32 Å². The SMILES string of the molecule is CCCn1ncnc1CC1CC(CC)CCC1CNCC. The number of aromatic nitrogens is 3. The molecule has 2 rings (SSSR count). The van der Waals surface area contributed by atoms with Gasteiger partial charge in [-0.1, -0.05) is 33.6 Å². The van der Waals surface area contributed by atoms with Crippen LogP contribution in [0.5, 0.6) is 0 Å². The Morgan fingerprint density at radius 1 is 1.24 bits per heavy atom. The minimum Gasteiger partial charge on any atom is -0.317 e. The standard InChI is InChI=1S/C17H32N4/c1-4-9-21-17(19-13-20-21)11-16-10-14(5-2)7-8-15(16)12-18-6-3/h13-16,18H,4-12H2,1-3H3. The van der Waals surface area contributed by atoms with Crippen molar-refractivity contribution in [3.05, 3.63) is 12.2 Å². The van der Waals surface area contributed by atoms with Gasteiger partial charge in [0.1, 0.15) is 12.2 Å². The lowest BCUT2D eigenvalue weighted by atomic mass is 9.71. The van der Waals surface area contributed by atoms with E-state index in [1.54, 1.807) is 6.33 Å². The molecule has 1 aromatic rings. The van der Waals surface area contributed by atoms with Crippen molar-refractivity contribution in [2.24, 2.45) is 17.8 Å². The summed E-state index contributed by atoms with van der Waals surface area (Å²) in [6.07, 6.45) is 9.43. The van der Waals surface area contributed by atoms with Gasteiger partial charge in [-0.2, -0.15) is 5.10 Å². The second-order valence-corrected chi connectivity index (χ2v) is 6.52. The zero-order valence-corrected chi connectivity index (χ0v) is 14.0. The van der Waals surface area contributed by atoms with Gasteiger partial charge in [0.25, 0.3) is 0 Å².